The summed E-state index contributed by atoms with van der Waals surface area (Å²) in [6.45, 7) is 10.0. The number of furan rings is 1. The van der Waals surface area contributed by atoms with Gasteiger partial charge in [-0.05, 0) is 39.3 Å². The minimum Gasteiger partial charge on any atom is -0.467 e. The van der Waals surface area contributed by atoms with Gasteiger partial charge in [0.25, 0.3) is 0 Å². The predicted octanol–water partition coefficient (Wildman–Crippen LogP) is 2.96. The van der Waals surface area contributed by atoms with Gasteiger partial charge in [0.15, 0.2) is 0 Å². The molecular weight excluding hydrogens is 202 g/mol. The maximum atomic E-state index is 5.77. The number of ether oxygens (including phenoxy) is 1. The second-order valence-electron chi connectivity index (χ2n) is 5.05. The van der Waals surface area contributed by atoms with Gasteiger partial charge in [0.2, 0.25) is 0 Å². The third-order valence-electron chi connectivity index (χ3n) is 2.36. The van der Waals surface area contributed by atoms with Gasteiger partial charge in [0, 0.05) is 12.1 Å². The van der Waals surface area contributed by atoms with Crippen molar-refractivity contribution >= 4 is 0 Å². The monoisotopic (exact) mass is 225 g/mol. The Kier molecular flexibility index (Phi) is 5.03. The van der Waals surface area contributed by atoms with Crippen molar-refractivity contribution in [2.24, 2.45) is 0 Å². The first-order valence-electron chi connectivity index (χ1n) is 5.90. The van der Waals surface area contributed by atoms with E-state index >= 15 is 0 Å². The first-order chi connectivity index (χ1) is 7.51. The normalized spacial score (nSPS) is 14.0. The standard InChI is InChI=1S/C13H23NO2/c1-5-11(9-14-13(2,3)4)16-10-12-7-6-8-15-12/h6-8,11,14H,5,9-10H2,1-4H3. The average Bonchev–Trinajstić information content (AvgIpc) is 2.69. The van der Waals surface area contributed by atoms with Crippen LogP contribution >= 0.6 is 0 Å². The fraction of sp³-hybridized carbons (Fsp3) is 0.692. The summed E-state index contributed by atoms with van der Waals surface area (Å²) in [5.74, 6) is 0.884. The molecule has 0 fully saturated rings. The first kappa shape index (κ1) is 13.3. The van der Waals surface area contributed by atoms with E-state index in [1.165, 1.54) is 0 Å². The molecule has 0 spiro atoms. The largest absolute Gasteiger partial charge is 0.467 e. The van der Waals surface area contributed by atoms with E-state index in [0.717, 1.165) is 18.7 Å². The van der Waals surface area contributed by atoms with Crippen LogP contribution in [0.15, 0.2) is 22.8 Å². The Balaban J connectivity index is 2.27. The Morgan fingerprint density at radius 1 is 1.44 bits per heavy atom. The molecule has 0 aromatic carbocycles. The quantitative estimate of drug-likeness (QED) is 0.808. The van der Waals surface area contributed by atoms with E-state index in [-0.39, 0.29) is 11.6 Å². The summed E-state index contributed by atoms with van der Waals surface area (Å²) in [6, 6.07) is 3.82. The van der Waals surface area contributed by atoms with Gasteiger partial charge in [-0.2, -0.15) is 0 Å². The zero-order valence-electron chi connectivity index (χ0n) is 10.7. The van der Waals surface area contributed by atoms with Gasteiger partial charge >= 0.3 is 0 Å². The summed E-state index contributed by atoms with van der Waals surface area (Å²) in [6.07, 6.45) is 2.92. The van der Waals surface area contributed by atoms with Crippen molar-refractivity contribution in [3.63, 3.8) is 0 Å². The lowest BCUT2D eigenvalue weighted by Gasteiger charge is -2.24. The van der Waals surface area contributed by atoms with Gasteiger partial charge in [-0.15, -0.1) is 0 Å². The molecule has 0 radical (unpaired) electrons. The number of hydrogen-bond acceptors (Lipinski definition) is 3. The Hall–Kier alpha value is -0.800. The Morgan fingerprint density at radius 2 is 2.19 bits per heavy atom. The van der Waals surface area contributed by atoms with Gasteiger partial charge in [0.1, 0.15) is 12.4 Å². The number of nitrogens with one attached hydrogen (secondary N) is 1. The Bertz CT molecular complexity index is 275. The number of rotatable bonds is 6. The molecule has 0 amide bonds. The van der Waals surface area contributed by atoms with Crippen LogP contribution in [0.25, 0.3) is 0 Å². The van der Waals surface area contributed by atoms with Crippen LogP contribution in [-0.2, 0) is 11.3 Å². The van der Waals surface area contributed by atoms with E-state index in [1.54, 1.807) is 6.26 Å². The summed E-state index contributed by atoms with van der Waals surface area (Å²) in [4.78, 5) is 0. The van der Waals surface area contributed by atoms with Crippen LogP contribution in [0, 0.1) is 0 Å². The van der Waals surface area contributed by atoms with Crippen LogP contribution in [0.4, 0.5) is 0 Å². The molecule has 1 atom stereocenters. The van der Waals surface area contributed by atoms with Crippen molar-refractivity contribution in [2.75, 3.05) is 6.54 Å². The molecule has 0 aliphatic rings. The number of hydrogen-bond donors (Lipinski definition) is 1. The highest BCUT2D eigenvalue weighted by atomic mass is 16.5. The Labute approximate surface area is 98.2 Å². The van der Waals surface area contributed by atoms with E-state index in [1.807, 2.05) is 12.1 Å². The van der Waals surface area contributed by atoms with Gasteiger partial charge in [-0.25, -0.2) is 0 Å². The molecule has 0 saturated heterocycles. The van der Waals surface area contributed by atoms with Crippen LogP contribution in [-0.4, -0.2) is 18.2 Å². The summed E-state index contributed by atoms with van der Waals surface area (Å²) < 4.78 is 11.0. The topological polar surface area (TPSA) is 34.4 Å². The average molecular weight is 225 g/mol. The maximum absolute atomic E-state index is 5.77. The van der Waals surface area contributed by atoms with E-state index in [2.05, 4.69) is 33.0 Å². The lowest BCUT2D eigenvalue weighted by molar-refractivity contribution is 0.0256. The molecule has 1 N–H and O–H groups in total. The lowest BCUT2D eigenvalue weighted by atomic mass is 10.1. The molecule has 1 heterocycles. The van der Waals surface area contributed by atoms with Crippen molar-refractivity contribution in [2.45, 2.75) is 52.4 Å². The van der Waals surface area contributed by atoms with Gasteiger partial charge < -0.3 is 14.5 Å². The van der Waals surface area contributed by atoms with Crippen molar-refractivity contribution in [3.8, 4) is 0 Å². The van der Waals surface area contributed by atoms with Crippen molar-refractivity contribution in [1.82, 2.24) is 5.32 Å². The second kappa shape index (κ2) is 6.06. The SMILES string of the molecule is CCC(CNC(C)(C)C)OCc1ccco1. The molecule has 0 aliphatic heterocycles. The lowest BCUT2D eigenvalue weighted by Crippen LogP contribution is -2.41. The minimum absolute atomic E-state index is 0.140. The summed E-state index contributed by atoms with van der Waals surface area (Å²) in [5.41, 5.74) is 0.140. The van der Waals surface area contributed by atoms with E-state index in [9.17, 15) is 0 Å². The molecule has 1 aromatic rings. The second-order valence-corrected chi connectivity index (χ2v) is 5.05. The maximum Gasteiger partial charge on any atom is 0.129 e. The smallest absolute Gasteiger partial charge is 0.129 e. The molecule has 1 aromatic heterocycles. The highest BCUT2D eigenvalue weighted by Gasteiger charge is 2.13. The van der Waals surface area contributed by atoms with Crippen LogP contribution in [0.2, 0.25) is 0 Å². The van der Waals surface area contributed by atoms with Crippen LogP contribution < -0.4 is 5.32 Å². The molecule has 92 valence electrons. The zero-order chi connectivity index (χ0) is 12.0. The molecular formula is C13H23NO2. The summed E-state index contributed by atoms with van der Waals surface area (Å²) in [7, 11) is 0. The third kappa shape index (κ3) is 5.33. The molecule has 3 nitrogen and oxygen atoms in total. The molecule has 1 unspecified atom stereocenters. The predicted molar refractivity (Wildman–Crippen MR) is 65.3 cm³/mol. The van der Waals surface area contributed by atoms with E-state index in [0.29, 0.717) is 6.61 Å². The Morgan fingerprint density at radius 3 is 2.69 bits per heavy atom. The molecule has 0 bridgehead atoms. The molecule has 0 aliphatic carbocycles. The molecule has 16 heavy (non-hydrogen) atoms. The van der Waals surface area contributed by atoms with Crippen LogP contribution in [0.3, 0.4) is 0 Å². The van der Waals surface area contributed by atoms with Crippen molar-refractivity contribution < 1.29 is 9.15 Å². The zero-order valence-corrected chi connectivity index (χ0v) is 10.7. The molecule has 3 heteroatoms. The fourth-order valence-electron chi connectivity index (χ4n) is 1.34. The van der Waals surface area contributed by atoms with E-state index in [4.69, 9.17) is 9.15 Å². The van der Waals surface area contributed by atoms with E-state index < -0.39 is 0 Å². The van der Waals surface area contributed by atoms with Gasteiger partial charge in [0.05, 0.1) is 12.4 Å². The van der Waals surface area contributed by atoms with Gasteiger partial charge in [-0.3, -0.25) is 0 Å². The highest BCUT2D eigenvalue weighted by molar-refractivity contribution is 4.96. The third-order valence-corrected chi connectivity index (χ3v) is 2.36. The summed E-state index contributed by atoms with van der Waals surface area (Å²) >= 11 is 0. The van der Waals surface area contributed by atoms with Crippen LogP contribution in [0.5, 0.6) is 0 Å². The van der Waals surface area contributed by atoms with Crippen molar-refractivity contribution in [1.29, 1.82) is 0 Å². The molecule has 1 rings (SSSR count). The van der Waals surface area contributed by atoms with Crippen molar-refractivity contribution in [3.05, 3.63) is 24.2 Å². The summed E-state index contributed by atoms with van der Waals surface area (Å²) in [5, 5.41) is 3.45. The molecule has 0 saturated carbocycles. The minimum atomic E-state index is 0.140. The van der Waals surface area contributed by atoms with Crippen LogP contribution in [0.1, 0.15) is 39.9 Å². The first-order valence-corrected chi connectivity index (χ1v) is 5.90. The van der Waals surface area contributed by atoms with Gasteiger partial charge in [-0.1, -0.05) is 6.92 Å². The highest BCUT2D eigenvalue weighted by Crippen LogP contribution is 2.07. The fourth-order valence-corrected chi connectivity index (χ4v) is 1.34.